The highest BCUT2D eigenvalue weighted by atomic mass is 35.5. The minimum atomic E-state index is 0.315. The first-order valence-electron chi connectivity index (χ1n) is 4.33. The molecule has 0 saturated carbocycles. The first kappa shape index (κ1) is 10.9. The number of nitrogens with zero attached hydrogens (tertiary/aromatic N) is 2. The highest BCUT2D eigenvalue weighted by Crippen LogP contribution is 2.11. The van der Waals surface area contributed by atoms with E-state index in [1.165, 1.54) is 6.20 Å². The summed E-state index contributed by atoms with van der Waals surface area (Å²) < 4.78 is 0. The molecule has 14 heavy (non-hydrogen) atoms. The number of hydrogen-bond acceptors (Lipinski definition) is 4. The van der Waals surface area contributed by atoms with Crippen LogP contribution in [0.2, 0.25) is 5.15 Å². The molecule has 1 heterocycles. The number of nitrogens with two attached hydrogens (primary N) is 1. The SMILES string of the molecule is CNCCC=Cc1ncc(Cl)nc1N. The van der Waals surface area contributed by atoms with Crippen LogP contribution in [0.4, 0.5) is 5.82 Å². The van der Waals surface area contributed by atoms with E-state index in [1.54, 1.807) is 0 Å². The highest BCUT2D eigenvalue weighted by Gasteiger charge is 1.98. The zero-order chi connectivity index (χ0) is 10.4. The minimum Gasteiger partial charge on any atom is -0.382 e. The lowest BCUT2D eigenvalue weighted by atomic mass is 10.3. The molecule has 0 saturated heterocycles. The third-order valence-electron chi connectivity index (χ3n) is 1.64. The Morgan fingerprint density at radius 3 is 3.07 bits per heavy atom. The Kier molecular flexibility index (Phi) is 4.35. The van der Waals surface area contributed by atoms with E-state index in [0.29, 0.717) is 16.7 Å². The van der Waals surface area contributed by atoms with Crippen LogP contribution < -0.4 is 11.1 Å². The molecule has 5 heteroatoms. The van der Waals surface area contributed by atoms with Crippen LogP contribution in [-0.2, 0) is 0 Å². The van der Waals surface area contributed by atoms with E-state index >= 15 is 0 Å². The van der Waals surface area contributed by atoms with E-state index in [0.717, 1.165) is 13.0 Å². The van der Waals surface area contributed by atoms with Crippen molar-refractivity contribution in [3.05, 3.63) is 23.1 Å². The molecule has 0 fully saturated rings. The van der Waals surface area contributed by atoms with Crippen molar-refractivity contribution in [3.8, 4) is 0 Å². The molecule has 0 aliphatic heterocycles. The summed E-state index contributed by atoms with van der Waals surface area (Å²) in [5, 5.41) is 3.35. The second-order valence-corrected chi connectivity index (χ2v) is 3.15. The molecule has 0 aromatic carbocycles. The van der Waals surface area contributed by atoms with Gasteiger partial charge in [0.25, 0.3) is 0 Å². The number of anilines is 1. The summed E-state index contributed by atoms with van der Waals surface area (Å²) in [6.07, 6.45) is 6.25. The summed E-state index contributed by atoms with van der Waals surface area (Å²) in [6, 6.07) is 0. The Hall–Kier alpha value is -1.13. The molecule has 76 valence electrons. The molecule has 0 spiro atoms. The number of halogens is 1. The predicted octanol–water partition coefficient (Wildman–Crippen LogP) is 1.33. The first-order valence-corrected chi connectivity index (χ1v) is 4.71. The van der Waals surface area contributed by atoms with Crippen molar-refractivity contribution in [2.45, 2.75) is 6.42 Å². The van der Waals surface area contributed by atoms with Gasteiger partial charge in [0.15, 0.2) is 5.82 Å². The van der Waals surface area contributed by atoms with Gasteiger partial charge in [-0.1, -0.05) is 17.7 Å². The second-order valence-electron chi connectivity index (χ2n) is 2.76. The van der Waals surface area contributed by atoms with Gasteiger partial charge in [0.05, 0.1) is 6.20 Å². The van der Waals surface area contributed by atoms with Crippen LogP contribution in [0.3, 0.4) is 0 Å². The van der Waals surface area contributed by atoms with Crippen molar-refractivity contribution in [2.75, 3.05) is 19.3 Å². The van der Waals surface area contributed by atoms with E-state index in [1.807, 2.05) is 19.2 Å². The van der Waals surface area contributed by atoms with Crippen LogP contribution >= 0.6 is 11.6 Å². The molecule has 3 N–H and O–H groups in total. The van der Waals surface area contributed by atoms with Gasteiger partial charge >= 0.3 is 0 Å². The molecule has 0 bridgehead atoms. The summed E-state index contributed by atoms with van der Waals surface area (Å²) >= 11 is 5.61. The normalized spacial score (nSPS) is 11.0. The molecule has 0 atom stereocenters. The van der Waals surface area contributed by atoms with Crippen LogP contribution in [-0.4, -0.2) is 23.6 Å². The molecule has 1 rings (SSSR count). The fourth-order valence-electron chi connectivity index (χ4n) is 0.941. The predicted molar refractivity (Wildman–Crippen MR) is 59.0 cm³/mol. The number of nitrogen functional groups attached to an aromatic ring is 1. The van der Waals surface area contributed by atoms with Gasteiger partial charge in [0.2, 0.25) is 0 Å². The van der Waals surface area contributed by atoms with Crippen molar-refractivity contribution in [1.82, 2.24) is 15.3 Å². The zero-order valence-corrected chi connectivity index (χ0v) is 8.75. The van der Waals surface area contributed by atoms with Crippen LogP contribution in [0.25, 0.3) is 6.08 Å². The molecule has 0 aliphatic rings. The molecule has 1 aromatic rings. The van der Waals surface area contributed by atoms with Gasteiger partial charge in [-0.15, -0.1) is 0 Å². The monoisotopic (exact) mass is 212 g/mol. The molecule has 0 amide bonds. The third kappa shape index (κ3) is 3.32. The smallest absolute Gasteiger partial charge is 0.151 e. The van der Waals surface area contributed by atoms with Gasteiger partial charge in [0, 0.05) is 0 Å². The van der Waals surface area contributed by atoms with Gasteiger partial charge in [-0.2, -0.15) is 0 Å². The summed E-state index contributed by atoms with van der Waals surface area (Å²) in [5.74, 6) is 0.359. The maximum Gasteiger partial charge on any atom is 0.151 e. The maximum atomic E-state index is 5.61. The van der Waals surface area contributed by atoms with Gasteiger partial charge in [-0.3, -0.25) is 0 Å². The number of hydrogen-bond donors (Lipinski definition) is 2. The van der Waals surface area contributed by atoms with Crippen LogP contribution in [0.1, 0.15) is 12.1 Å². The second kappa shape index (κ2) is 5.57. The standard InChI is InChI=1S/C9H13ClN4/c1-12-5-3-2-4-7-9(11)14-8(10)6-13-7/h2,4,6,12H,3,5H2,1H3,(H2,11,14). The average Bonchev–Trinajstić information content (AvgIpc) is 2.15. The summed E-state index contributed by atoms with van der Waals surface area (Å²) in [6.45, 7) is 0.928. The Morgan fingerprint density at radius 1 is 1.64 bits per heavy atom. The van der Waals surface area contributed by atoms with E-state index < -0.39 is 0 Å². The van der Waals surface area contributed by atoms with Gasteiger partial charge in [0.1, 0.15) is 10.8 Å². The number of rotatable bonds is 4. The largest absolute Gasteiger partial charge is 0.382 e. The number of aromatic nitrogens is 2. The lowest BCUT2D eigenvalue weighted by Crippen LogP contribution is -2.05. The molecular weight excluding hydrogens is 200 g/mol. The van der Waals surface area contributed by atoms with Crippen LogP contribution in [0.15, 0.2) is 12.3 Å². The topological polar surface area (TPSA) is 63.8 Å². The molecule has 4 nitrogen and oxygen atoms in total. The fourth-order valence-corrected chi connectivity index (χ4v) is 1.08. The van der Waals surface area contributed by atoms with Gasteiger partial charge in [-0.25, -0.2) is 9.97 Å². The van der Waals surface area contributed by atoms with Crippen molar-refractivity contribution >= 4 is 23.5 Å². The first-order chi connectivity index (χ1) is 6.74. The van der Waals surface area contributed by atoms with Crippen molar-refractivity contribution in [1.29, 1.82) is 0 Å². The Morgan fingerprint density at radius 2 is 2.43 bits per heavy atom. The van der Waals surface area contributed by atoms with Crippen molar-refractivity contribution in [2.24, 2.45) is 0 Å². The number of nitrogens with one attached hydrogen (secondary N) is 1. The zero-order valence-electron chi connectivity index (χ0n) is 8.00. The van der Waals surface area contributed by atoms with Crippen molar-refractivity contribution in [3.63, 3.8) is 0 Å². The van der Waals surface area contributed by atoms with E-state index in [9.17, 15) is 0 Å². The molecule has 0 radical (unpaired) electrons. The Bertz CT molecular complexity index is 325. The lowest BCUT2D eigenvalue weighted by molar-refractivity contribution is 0.809. The summed E-state index contributed by atoms with van der Waals surface area (Å²) in [7, 11) is 1.91. The summed E-state index contributed by atoms with van der Waals surface area (Å²) in [4.78, 5) is 7.94. The maximum absolute atomic E-state index is 5.61. The molecule has 1 aromatic heterocycles. The summed E-state index contributed by atoms with van der Waals surface area (Å²) in [5.41, 5.74) is 6.27. The van der Waals surface area contributed by atoms with E-state index in [-0.39, 0.29) is 0 Å². The van der Waals surface area contributed by atoms with Gasteiger partial charge < -0.3 is 11.1 Å². The lowest BCUT2D eigenvalue weighted by Gasteiger charge is -1.98. The minimum absolute atomic E-state index is 0.315. The van der Waals surface area contributed by atoms with Crippen LogP contribution in [0.5, 0.6) is 0 Å². The molecule has 0 unspecified atom stereocenters. The molecule has 0 aliphatic carbocycles. The van der Waals surface area contributed by atoms with Crippen molar-refractivity contribution < 1.29 is 0 Å². The average molecular weight is 213 g/mol. The van der Waals surface area contributed by atoms with Gasteiger partial charge in [-0.05, 0) is 26.1 Å². The highest BCUT2D eigenvalue weighted by molar-refractivity contribution is 6.29. The fraction of sp³-hybridized carbons (Fsp3) is 0.333. The Labute approximate surface area is 88.2 Å². The third-order valence-corrected chi connectivity index (χ3v) is 1.82. The van der Waals surface area contributed by atoms with E-state index in [2.05, 4.69) is 15.3 Å². The molecular formula is C9H13ClN4. The quantitative estimate of drug-likeness (QED) is 0.740. The Balaban J connectivity index is 2.62. The van der Waals surface area contributed by atoms with E-state index in [4.69, 9.17) is 17.3 Å². The van der Waals surface area contributed by atoms with Crippen LogP contribution in [0, 0.1) is 0 Å².